The molecule has 2 heterocycles. The number of carbonyl (C=O) groups excluding carboxylic acids is 1. The van der Waals surface area contributed by atoms with Gasteiger partial charge >= 0.3 is 6.03 Å². The minimum atomic E-state index is -0.707. The molecule has 1 aliphatic heterocycles. The maximum absolute atomic E-state index is 12.1. The molecule has 0 spiro atoms. The first-order chi connectivity index (χ1) is 12.1. The first-order valence-corrected chi connectivity index (χ1v) is 9.52. The van der Waals surface area contributed by atoms with Gasteiger partial charge in [-0.3, -0.25) is 9.88 Å². The van der Waals surface area contributed by atoms with E-state index in [0.717, 1.165) is 63.9 Å². The normalized spacial score (nSPS) is 21.6. The molecule has 0 bridgehead atoms. The maximum Gasteiger partial charge on any atom is 0.315 e. The number of rotatable bonds is 5. The maximum atomic E-state index is 12.1. The standard InChI is InChI=1S/C19H30N4O2/c24-18(21-15-19(25)9-3-1-4-10-19)22-16-7-12-23(13-8-16)14-17-6-2-5-11-20-17/h2,5-6,11,16,25H,1,3-4,7-10,12-15H2,(H2,21,22,24). The number of aliphatic hydroxyl groups is 1. The van der Waals surface area contributed by atoms with Crippen molar-refractivity contribution in [2.75, 3.05) is 19.6 Å². The summed E-state index contributed by atoms with van der Waals surface area (Å²) in [5, 5.41) is 16.4. The van der Waals surface area contributed by atoms with Crippen molar-refractivity contribution in [3.63, 3.8) is 0 Å². The molecule has 1 saturated heterocycles. The van der Waals surface area contributed by atoms with E-state index >= 15 is 0 Å². The van der Waals surface area contributed by atoms with Gasteiger partial charge in [0.15, 0.2) is 0 Å². The molecule has 0 unspecified atom stereocenters. The van der Waals surface area contributed by atoms with Gasteiger partial charge in [0.05, 0.1) is 11.3 Å². The molecule has 3 rings (SSSR count). The van der Waals surface area contributed by atoms with Crippen molar-refractivity contribution >= 4 is 6.03 Å². The summed E-state index contributed by atoms with van der Waals surface area (Å²) in [6.45, 7) is 3.15. The van der Waals surface area contributed by atoms with Crippen LogP contribution in [0.2, 0.25) is 0 Å². The lowest BCUT2D eigenvalue weighted by Gasteiger charge is -2.34. The predicted octanol–water partition coefficient (Wildman–Crippen LogP) is 2.04. The third kappa shape index (κ3) is 5.68. The van der Waals surface area contributed by atoms with Gasteiger partial charge < -0.3 is 15.7 Å². The Morgan fingerprint density at radius 1 is 1.24 bits per heavy atom. The number of aromatic nitrogens is 1. The lowest BCUT2D eigenvalue weighted by atomic mass is 9.85. The molecule has 2 amide bonds. The van der Waals surface area contributed by atoms with E-state index in [2.05, 4.69) is 20.5 Å². The zero-order chi connectivity index (χ0) is 17.5. The minimum absolute atomic E-state index is 0.151. The number of nitrogens with zero attached hydrogens (tertiary/aromatic N) is 2. The number of piperidine rings is 1. The smallest absolute Gasteiger partial charge is 0.315 e. The molecule has 25 heavy (non-hydrogen) atoms. The number of likely N-dealkylation sites (tertiary alicyclic amines) is 1. The Hall–Kier alpha value is -1.66. The topological polar surface area (TPSA) is 77.5 Å². The van der Waals surface area contributed by atoms with Crippen LogP contribution in [0.5, 0.6) is 0 Å². The molecule has 6 nitrogen and oxygen atoms in total. The largest absolute Gasteiger partial charge is 0.388 e. The predicted molar refractivity (Wildman–Crippen MR) is 97.1 cm³/mol. The van der Waals surface area contributed by atoms with E-state index in [1.165, 1.54) is 6.42 Å². The van der Waals surface area contributed by atoms with E-state index in [9.17, 15) is 9.90 Å². The van der Waals surface area contributed by atoms with Crippen molar-refractivity contribution in [3.8, 4) is 0 Å². The summed E-state index contributed by atoms with van der Waals surface area (Å²) in [7, 11) is 0. The fraction of sp³-hybridized carbons (Fsp3) is 0.684. The number of pyridine rings is 1. The zero-order valence-electron chi connectivity index (χ0n) is 14.9. The number of carbonyl (C=O) groups is 1. The van der Waals surface area contributed by atoms with Crippen LogP contribution in [0.4, 0.5) is 4.79 Å². The van der Waals surface area contributed by atoms with E-state index < -0.39 is 5.60 Å². The summed E-state index contributed by atoms with van der Waals surface area (Å²) < 4.78 is 0. The molecular formula is C19H30N4O2. The van der Waals surface area contributed by atoms with Gasteiger partial charge in [-0.15, -0.1) is 0 Å². The first-order valence-electron chi connectivity index (χ1n) is 9.52. The number of nitrogens with one attached hydrogen (secondary N) is 2. The van der Waals surface area contributed by atoms with E-state index in [-0.39, 0.29) is 12.1 Å². The highest BCUT2D eigenvalue weighted by molar-refractivity contribution is 5.74. The second-order valence-corrected chi connectivity index (χ2v) is 7.48. The van der Waals surface area contributed by atoms with Crippen LogP contribution in [0.1, 0.15) is 50.6 Å². The second kappa shape index (κ2) is 8.63. The molecule has 0 aromatic carbocycles. The van der Waals surface area contributed by atoms with Crippen molar-refractivity contribution in [3.05, 3.63) is 30.1 Å². The summed E-state index contributed by atoms with van der Waals surface area (Å²) >= 11 is 0. The van der Waals surface area contributed by atoms with E-state index in [1.807, 2.05) is 24.4 Å². The van der Waals surface area contributed by atoms with Gasteiger partial charge in [-0.25, -0.2) is 4.79 Å². The van der Waals surface area contributed by atoms with Crippen LogP contribution in [-0.4, -0.2) is 52.3 Å². The third-order valence-electron chi connectivity index (χ3n) is 5.40. The summed E-state index contributed by atoms with van der Waals surface area (Å²) in [6, 6.07) is 6.06. The van der Waals surface area contributed by atoms with E-state index in [4.69, 9.17) is 0 Å². The van der Waals surface area contributed by atoms with Gasteiger partial charge in [0, 0.05) is 38.4 Å². The fourth-order valence-electron chi connectivity index (χ4n) is 3.82. The average Bonchev–Trinajstić information content (AvgIpc) is 2.63. The van der Waals surface area contributed by atoms with Crippen LogP contribution in [0.25, 0.3) is 0 Å². The molecule has 0 atom stereocenters. The molecule has 2 fully saturated rings. The molecule has 1 aliphatic carbocycles. The molecule has 138 valence electrons. The molecular weight excluding hydrogens is 316 g/mol. The zero-order valence-corrected chi connectivity index (χ0v) is 14.9. The Bertz CT molecular complexity index is 538. The Morgan fingerprint density at radius 3 is 2.68 bits per heavy atom. The molecule has 6 heteroatoms. The van der Waals surface area contributed by atoms with Crippen LogP contribution in [-0.2, 0) is 6.54 Å². The highest BCUT2D eigenvalue weighted by Crippen LogP contribution is 2.27. The molecule has 1 aromatic heterocycles. The highest BCUT2D eigenvalue weighted by Gasteiger charge is 2.30. The third-order valence-corrected chi connectivity index (χ3v) is 5.40. The quantitative estimate of drug-likeness (QED) is 0.762. The van der Waals surface area contributed by atoms with Crippen molar-refractivity contribution < 1.29 is 9.90 Å². The summed E-state index contributed by atoms with van der Waals surface area (Å²) in [6.07, 6.45) is 8.59. The average molecular weight is 346 g/mol. The number of hydrogen-bond acceptors (Lipinski definition) is 4. The summed E-state index contributed by atoms with van der Waals surface area (Å²) in [5.41, 5.74) is 0.383. The number of amides is 2. The molecule has 0 radical (unpaired) electrons. The van der Waals surface area contributed by atoms with Crippen LogP contribution < -0.4 is 10.6 Å². The van der Waals surface area contributed by atoms with Gasteiger partial charge in [-0.2, -0.15) is 0 Å². The lowest BCUT2D eigenvalue weighted by Crippen LogP contribution is -2.51. The van der Waals surface area contributed by atoms with E-state index in [1.54, 1.807) is 0 Å². The van der Waals surface area contributed by atoms with Crippen LogP contribution in [0, 0.1) is 0 Å². The van der Waals surface area contributed by atoms with Crippen LogP contribution in [0.3, 0.4) is 0 Å². The minimum Gasteiger partial charge on any atom is -0.388 e. The van der Waals surface area contributed by atoms with Crippen molar-refractivity contribution in [2.24, 2.45) is 0 Å². The van der Waals surface area contributed by atoms with Crippen molar-refractivity contribution in [2.45, 2.75) is 63.1 Å². The Labute approximate surface area is 150 Å². The molecule has 1 saturated carbocycles. The van der Waals surface area contributed by atoms with Crippen LogP contribution in [0.15, 0.2) is 24.4 Å². The first kappa shape index (κ1) is 18.1. The number of hydrogen-bond donors (Lipinski definition) is 3. The van der Waals surface area contributed by atoms with Gasteiger partial charge in [0.2, 0.25) is 0 Å². The molecule has 3 N–H and O–H groups in total. The van der Waals surface area contributed by atoms with Crippen molar-refractivity contribution in [1.29, 1.82) is 0 Å². The van der Waals surface area contributed by atoms with Gasteiger partial charge in [-0.1, -0.05) is 25.3 Å². The van der Waals surface area contributed by atoms with E-state index in [0.29, 0.717) is 6.54 Å². The summed E-state index contributed by atoms with van der Waals surface area (Å²) in [4.78, 5) is 18.9. The van der Waals surface area contributed by atoms with Gasteiger partial charge in [-0.05, 0) is 37.8 Å². The Balaban J connectivity index is 1.35. The lowest BCUT2D eigenvalue weighted by molar-refractivity contribution is 0.00706. The second-order valence-electron chi connectivity index (χ2n) is 7.48. The Kier molecular flexibility index (Phi) is 6.26. The fourth-order valence-corrected chi connectivity index (χ4v) is 3.82. The number of urea groups is 1. The van der Waals surface area contributed by atoms with Gasteiger partial charge in [0.25, 0.3) is 0 Å². The SMILES string of the molecule is O=C(NCC1(O)CCCCC1)NC1CCN(Cc2ccccn2)CC1. The Morgan fingerprint density at radius 2 is 2.00 bits per heavy atom. The van der Waals surface area contributed by atoms with Gasteiger partial charge in [0.1, 0.15) is 0 Å². The molecule has 2 aliphatic rings. The van der Waals surface area contributed by atoms with Crippen LogP contribution >= 0.6 is 0 Å². The monoisotopic (exact) mass is 346 g/mol. The van der Waals surface area contributed by atoms with Crippen molar-refractivity contribution in [1.82, 2.24) is 20.5 Å². The highest BCUT2D eigenvalue weighted by atomic mass is 16.3. The summed E-state index contributed by atoms with van der Waals surface area (Å²) in [5.74, 6) is 0. The molecule has 1 aromatic rings.